The highest BCUT2D eigenvalue weighted by Crippen LogP contribution is 2.42. The number of benzene rings is 1. The second-order valence-electron chi connectivity index (χ2n) is 4.23. The largest absolute Gasteiger partial charge is 0.207 e. The monoisotopic (exact) mass is 292 g/mol. The Bertz CT molecular complexity index is 386. The lowest BCUT2D eigenvalue weighted by Gasteiger charge is -2.18. The molecular weight excluding hydrogens is 281 g/mol. The summed E-state index contributed by atoms with van der Waals surface area (Å²) in [7, 11) is 0. The molecule has 0 nitrogen and oxygen atoms in total. The molecule has 4 heteroatoms. The summed E-state index contributed by atoms with van der Waals surface area (Å²) in [6.07, 6.45) is 4.26. The van der Waals surface area contributed by atoms with Crippen molar-refractivity contribution in [1.29, 1.82) is 0 Å². The molecule has 0 heterocycles. The number of hydrogen-bond acceptors (Lipinski definition) is 0. The van der Waals surface area contributed by atoms with E-state index in [1.54, 1.807) is 0 Å². The van der Waals surface area contributed by atoms with E-state index in [-0.39, 0.29) is 10.4 Å². The lowest BCUT2D eigenvalue weighted by molar-refractivity contribution is 0.475. The van der Waals surface area contributed by atoms with E-state index in [0.29, 0.717) is 12.0 Å². The molecule has 0 saturated heterocycles. The summed E-state index contributed by atoms with van der Waals surface area (Å²) in [5.74, 6) is -2.47. The van der Waals surface area contributed by atoms with Gasteiger partial charge >= 0.3 is 0 Å². The van der Waals surface area contributed by atoms with Gasteiger partial charge in [0.2, 0.25) is 0 Å². The Morgan fingerprint density at radius 3 is 2.19 bits per heavy atom. The SMILES string of the molecule is Fc1cc(F)c(C(Br)C2CCCC2)cc1F. The first-order valence-electron chi connectivity index (χ1n) is 5.38. The van der Waals surface area contributed by atoms with E-state index in [1.165, 1.54) is 0 Å². The third-order valence-electron chi connectivity index (χ3n) is 3.15. The van der Waals surface area contributed by atoms with Gasteiger partial charge in [-0.1, -0.05) is 28.8 Å². The Balaban J connectivity index is 2.28. The zero-order chi connectivity index (χ0) is 11.7. The van der Waals surface area contributed by atoms with E-state index in [4.69, 9.17) is 0 Å². The molecule has 1 aromatic rings. The van der Waals surface area contributed by atoms with Crippen LogP contribution in [0.3, 0.4) is 0 Å². The van der Waals surface area contributed by atoms with Crippen molar-refractivity contribution in [3.05, 3.63) is 35.1 Å². The molecule has 0 N–H and O–H groups in total. The Morgan fingerprint density at radius 1 is 1.00 bits per heavy atom. The summed E-state index contributed by atoms with van der Waals surface area (Å²) in [6, 6.07) is 1.58. The van der Waals surface area contributed by atoms with Gasteiger partial charge in [0.25, 0.3) is 0 Å². The highest BCUT2D eigenvalue weighted by Gasteiger charge is 2.27. The quantitative estimate of drug-likeness (QED) is 0.546. The summed E-state index contributed by atoms with van der Waals surface area (Å²) in [4.78, 5) is -0.218. The molecule has 1 saturated carbocycles. The number of rotatable bonds is 2. The predicted octanol–water partition coefficient (Wildman–Crippen LogP) is 4.73. The topological polar surface area (TPSA) is 0 Å². The molecule has 2 rings (SSSR count). The van der Waals surface area contributed by atoms with Gasteiger partial charge in [-0.15, -0.1) is 0 Å². The molecule has 0 bridgehead atoms. The van der Waals surface area contributed by atoms with Gasteiger partial charge in [-0.2, -0.15) is 0 Å². The van der Waals surface area contributed by atoms with Crippen LogP contribution >= 0.6 is 15.9 Å². The van der Waals surface area contributed by atoms with Crippen LogP contribution in [0.4, 0.5) is 13.2 Å². The number of hydrogen-bond donors (Lipinski definition) is 0. The zero-order valence-electron chi connectivity index (χ0n) is 8.65. The molecular formula is C12H12BrF3. The van der Waals surface area contributed by atoms with E-state index in [2.05, 4.69) is 15.9 Å². The molecule has 0 radical (unpaired) electrons. The van der Waals surface area contributed by atoms with Gasteiger partial charge in [-0.3, -0.25) is 0 Å². The smallest absolute Gasteiger partial charge is 0.161 e. The van der Waals surface area contributed by atoms with Gasteiger partial charge in [0.05, 0.1) is 0 Å². The fourth-order valence-corrected chi connectivity index (χ4v) is 3.13. The lowest BCUT2D eigenvalue weighted by Crippen LogP contribution is -2.06. The van der Waals surface area contributed by atoms with Gasteiger partial charge in [0.15, 0.2) is 11.6 Å². The van der Waals surface area contributed by atoms with Gasteiger partial charge < -0.3 is 0 Å². The molecule has 0 aliphatic heterocycles. The second-order valence-corrected chi connectivity index (χ2v) is 5.22. The summed E-state index contributed by atoms with van der Waals surface area (Å²) >= 11 is 3.39. The predicted molar refractivity (Wildman–Crippen MR) is 59.9 cm³/mol. The molecule has 1 aliphatic rings. The van der Waals surface area contributed by atoms with E-state index in [9.17, 15) is 13.2 Å². The standard InChI is InChI=1S/C12H12BrF3/c13-12(7-3-1-2-4-7)8-5-10(15)11(16)6-9(8)14/h5-7,12H,1-4H2. The maximum Gasteiger partial charge on any atom is 0.161 e. The van der Waals surface area contributed by atoms with Crippen molar-refractivity contribution in [2.45, 2.75) is 30.5 Å². The maximum absolute atomic E-state index is 13.5. The molecule has 1 atom stereocenters. The van der Waals surface area contributed by atoms with Gasteiger partial charge in [0, 0.05) is 16.5 Å². The minimum atomic E-state index is -1.13. The van der Waals surface area contributed by atoms with Crippen molar-refractivity contribution in [1.82, 2.24) is 0 Å². The van der Waals surface area contributed by atoms with Crippen LogP contribution in [0.5, 0.6) is 0 Å². The maximum atomic E-state index is 13.5. The van der Waals surface area contributed by atoms with Crippen LogP contribution in [0.1, 0.15) is 36.1 Å². The second kappa shape index (κ2) is 4.78. The van der Waals surface area contributed by atoms with Crippen LogP contribution in [-0.4, -0.2) is 0 Å². The van der Waals surface area contributed by atoms with Crippen LogP contribution in [0.25, 0.3) is 0 Å². The summed E-state index contributed by atoms with van der Waals surface area (Å²) < 4.78 is 39.3. The molecule has 0 aromatic heterocycles. The Hall–Kier alpha value is -0.510. The molecule has 0 amide bonds. The highest BCUT2D eigenvalue weighted by atomic mass is 79.9. The fraction of sp³-hybridized carbons (Fsp3) is 0.500. The third kappa shape index (κ3) is 2.26. The van der Waals surface area contributed by atoms with E-state index >= 15 is 0 Å². The molecule has 1 aromatic carbocycles. The van der Waals surface area contributed by atoms with Crippen molar-refractivity contribution < 1.29 is 13.2 Å². The van der Waals surface area contributed by atoms with Crippen molar-refractivity contribution in [3.8, 4) is 0 Å². The number of alkyl halides is 1. The van der Waals surface area contributed by atoms with Crippen LogP contribution in [0, 0.1) is 23.4 Å². The highest BCUT2D eigenvalue weighted by molar-refractivity contribution is 9.09. The Kier molecular flexibility index (Phi) is 3.57. The van der Waals surface area contributed by atoms with Crippen molar-refractivity contribution in [2.24, 2.45) is 5.92 Å². The van der Waals surface area contributed by atoms with Crippen molar-refractivity contribution in [2.75, 3.05) is 0 Å². The van der Waals surface area contributed by atoms with Gasteiger partial charge in [-0.25, -0.2) is 13.2 Å². The third-order valence-corrected chi connectivity index (χ3v) is 4.39. The molecule has 16 heavy (non-hydrogen) atoms. The van der Waals surface area contributed by atoms with Crippen LogP contribution in [0.15, 0.2) is 12.1 Å². The van der Waals surface area contributed by atoms with Gasteiger partial charge in [0.1, 0.15) is 5.82 Å². The fourth-order valence-electron chi connectivity index (χ4n) is 2.25. The molecule has 1 fully saturated rings. The Labute approximate surface area is 101 Å². The Morgan fingerprint density at radius 2 is 1.56 bits per heavy atom. The van der Waals surface area contributed by atoms with Gasteiger partial charge in [-0.05, 0) is 24.8 Å². The van der Waals surface area contributed by atoms with Crippen LogP contribution in [0.2, 0.25) is 0 Å². The minimum absolute atomic E-state index is 0.218. The molecule has 1 aliphatic carbocycles. The molecule has 0 spiro atoms. The summed E-state index contributed by atoms with van der Waals surface area (Å²) in [5, 5.41) is 0. The van der Waals surface area contributed by atoms with E-state index < -0.39 is 17.5 Å². The first kappa shape index (κ1) is 12.0. The molecule has 1 unspecified atom stereocenters. The first-order chi connectivity index (χ1) is 7.59. The van der Waals surface area contributed by atoms with Crippen LogP contribution < -0.4 is 0 Å². The lowest BCUT2D eigenvalue weighted by atomic mass is 9.97. The zero-order valence-corrected chi connectivity index (χ0v) is 10.2. The number of halogens is 4. The summed E-state index contributed by atoms with van der Waals surface area (Å²) in [5.41, 5.74) is 0.228. The average molecular weight is 293 g/mol. The average Bonchev–Trinajstić information content (AvgIpc) is 2.75. The van der Waals surface area contributed by atoms with Crippen molar-refractivity contribution >= 4 is 15.9 Å². The normalized spacial score (nSPS) is 19.0. The molecule has 88 valence electrons. The van der Waals surface area contributed by atoms with Crippen LogP contribution in [-0.2, 0) is 0 Å². The van der Waals surface area contributed by atoms with E-state index in [1.807, 2.05) is 0 Å². The first-order valence-corrected chi connectivity index (χ1v) is 6.29. The summed E-state index contributed by atoms with van der Waals surface area (Å²) in [6.45, 7) is 0. The minimum Gasteiger partial charge on any atom is -0.207 e. The van der Waals surface area contributed by atoms with E-state index in [0.717, 1.165) is 31.7 Å². The van der Waals surface area contributed by atoms with Crippen molar-refractivity contribution in [3.63, 3.8) is 0 Å².